The molecule has 0 aliphatic carbocycles. The molecular weight excluding hydrogens is 219 g/mol. The molecule has 1 N–H and O–H groups in total. The monoisotopic (exact) mass is 232 g/mol. The summed E-state index contributed by atoms with van der Waals surface area (Å²) in [5.74, 6) is 0.838. The summed E-state index contributed by atoms with van der Waals surface area (Å²) in [5.41, 5.74) is 0.894. The minimum atomic E-state index is -0.532. The number of ether oxygens (including phenoxy) is 1. The minimum Gasteiger partial charge on any atom is -0.494 e. The van der Waals surface area contributed by atoms with Crippen molar-refractivity contribution in [3.63, 3.8) is 0 Å². The summed E-state index contributed by atoms with van der Waals surface area (Å²) >= 11 is 1.56. The predicted molar refractivity (Wildman–Crippen MR) is 69.2 cm³/mol. The molecule has 0 bridgehead atoms. The van der Waals surface area contributed by atoms with Crippen molar-refractivity contribution in [2.75, 3.05) is 6.61 Å². The fraction of sp³-hybridized carbons (Fsp3) is 0.167. The largest absolute Gasteiger partial charge is 0.494 e. The first-order valence-electron chi connectivity index (χ1n) is 5.25. The third-order valence-electron chi connectivity index (χ3n) is 2.32. The van der Waals surface area contributed by atoms with Crippen LogP contribution in [0.2, 0.25) is 0 Å². The summed E-state index contributed by atoms with van der Waals surface area (Å²) in [7, 11) is 0. The van der Waals surface area contributed by atoms with Gasteiger partial charge in [-0.3, -0.25) is 0 Å². The maximum atomic E-state index is 10.1. The topological polar surface area (TPSA) is 29.5 Å². The summed E-state index contributed by atoms with van der Waals surface area (Å²) in [4.78, 5) is 0. The van der Waals surface area contributed by atoms with Gasteiger partial charge < -0.3 is 9.76 Å². The fourth-order valence-electron chi connectivity index (χ4n) is 1.52. The van der Waals surface area contributed by atoms with Crippen molar-refractivity contribution in [3.05, 3.63) is 41.8 Å². The van der Waals surface area contributed by atoms with Crippen molar-refractivity contribution >= 4 is 28.5 Å². The average molecular weight is 232 g/mol. The highest BCUT2D eigenvalue weighted by atomic mass is 32.1. The molecule has 2 rings (SSSR count). The van der Waals surface area contributed by atoms with Crippen LogP contribution in [0.3, 0.4) is 0 Å². The van der Waals surface area contributed by atoms with Crippen LogP contribution >= 0.6 is 11.3 Å². The zero-order valence-corrected chi connectivity index (χ0v) is 9.91. The highest BCUT2D eigenvalue weighted by molar-refractivity contribution is 7.22. The van der Waals surface area contributed by atoms with Crippen molar-refractivity contribution in [1.29, 1.82) is 0 Å². The Morgan fingerprint density at radius 2 is 2.00 bits per heavy atom. The number of thiophene rings is 1. The van der Waals surface area contributed by atoms with E-state index in [1.54, 1.807) is 11.3 Å². The lowest BCUT2D eigenvalue weighted by atomic mass is 9.60. The number of hydrogen-bond donors (Lipinski definition) is 1. The molecule has 0 saturated heterocycles. The molecule has 0 unspecified atom stereocenters. The first kappa shape index (κ1) is 11.2. The van der Waals surface area contributed by atoms with Gasteiger partial charge in [-0.05, 0) is 29.9 Å². The molecule has 1 heterocycles. The highest BCUT2D eigenvalue weighted by Gasteiger charge is 2.17. The molecule has 2 aromatic rings. The number of rotatable bonds is 4. The van der Waals surface area contributed by atoms with Gasteiger partial charge in [-0.25, -0.2) is 0 Å². The van der Waals surface area contributed by atoms with Crippen LogP contribution in [0.4, 0.5) is 0 Å². The van der Waals surface area contributed by atoms with Crippen molar-refractivity contribution in [2.45, 2.75) is 6.92 Å². The first-order valence-corrected chi connectivity index (χ1v) is 6.13. The molecule has 0 radical (unpaired) electrons. The molecule has 1 aromatic carbocycles. The van der Waals surface area contributed by atoms with Gasteiger partial charge in [0.15, 0.2) is 0 Å². The van der Waals surface area contributed by atoms with E-state index in [1.165, 1.54) is 0 Å². The minimum absolute atomic E-state index is 0.532. The van der Waals surface area contributed by atoms with Gasteiger partial charge in [0.05, 0.1) is 6.61 Å². The van der Waals surface area contributed by atoms with E-state index in [1.807, 2.05) is 48.7 Å². The van der Waals surface area contributed by atoms with Crippen LogP contribution in [0.25, 0.3) is 0 Å². The summed E-state index contributed by atoms with van der Waals surface area (Å²) in [6.45, 7) is 2.08. The Labute approximate surface area is 99.6 Å². The first-order chi connectivity index (χ1) is 7.81. The third kappa shape index (κ3) is 2.46. The fourth-order valence-corrected chi connectivity index (χ4v) is 2.26. The van der Waals surface area contributed by atoms with Gasteiger partial charge in [0.2, 0.25) is 0 Å². The Bertz CT molecular complexity index is 425. The zero-order valence-electron chi connectivity index (χ0n) is 9.09. The van der Waals surface area contributed by atoms with Gasteiger partial charge in [-0.2, -0.15) is 11.3 Å². The van der Waals surface area contributed by atoms with Crippen LogP contribution in [0.15, 0.2) is 41.8 Å². The van der Waals surface area contributed by atoms with Crippen LogP contribution < -0.4 is 15.0 Å². The van der Waals surface area contributed by atoms with Crippen LogP contribution in [-0.2, 0) is 0 Å². The molecule has 16 heavy (non-hydrogen) atoms. The van der Waals surface area contributed by atoms with E-state index in [0.29, 0.717) is 6.61 Å². The van der Waals surface area contributed by atoms with Crippen LogP contribution in [-0.4, -0.2) is 18.5 Å². The molecule has 0 saturated carbocycles. The van der Waals surface area contributed by atoms with E-state index >= 15 is 0 Å². The van der Waals surface area contributed by atoms with Gasteiger partial charge in [-0.15, -0.1) is 0 Å². The van der Waals surface area contributed by atoms with E-state index < -0.39 is 6.92 Å². The van der Waals surface area contributed by atoms with Crippen LogP contribution in [0, 0.1) is 0 Å². The molecule has 0 fully saturated rings. The van der Waals surface area contributed by atoms with Crippen LogP contribution in [0.1, 0.15) is 6.92 Å². The molecule has 0 spiro atoms. The zero-order chi connectivity index (χ0) is 11.4. The Morgan fingerprint density at radius 1 is 1.25 bits per heavy atom. The molecule has 0 aliphatic rings. The Morgan fingerprint density at radius 3 is 2.56 bits per heavy atom. The quantitative estimate of drug-likeness (QED) is 0.804. The summed E-state index contributed by atoms with van der Waals surface area (Å²) in [6, 6.07) is 11.4. The van der Waals surface area contributed by atoms with Crippen molar-refractivity contribution in [2.24, 2.45) is 0 Å². The normalized spacial score (nSPS) is 10.1. The predicted octanol–water partition coefficient (Wildman–Crippen LogP) is 1.24. The maximum absolute atomic E-state index is 10.1. The molecule has 0 atom stereocenters. The summed E-state index contributed by atoms with van der Waals surface area (Å²) in [6.07, 6.45) is 0. The van der Waals surface area contributed by atoms with Crippen molar-refractivity contribution < 1.29 is 9.76 Å². The van der Waals surface area contributed by atoms with E-state index in [-0.39, 0.29) is 0 Å². The second kappa shape index (κ2) is 5.19. The summed E-state index contributed by atoms with van der Waals surface area (Å²) < 4.78 is 6.31. The third-order valence-corrected chi connectivity index (χ3v) is 3.24. The SMILES string of the molecule is CCOc1ccc(B(O)c2cccs2)cc1. The maximum Gasteiger partial charge on any atom is 0.369 e. The molecular formula is C12H13BO2S. The lowest BCUT2D eigenvalue weighted by molar-refractivity contribution is 0.340. The standard InChI is InChI=1S/C12H13BO2S/c1-2-15-11-7-5-10(6-8-11)13(14)12-4-3-9-16-12/h3-9,14H,2H2,1H3. The second-order valence-corrected chi connectivity index (χ2v) is 4.40. The molecule has 2 nitrogen and oxygen atoms in total. The Hall–Kier alpha value is -1.26. The van der Waals surface area contributed by atoms with Gasteiger partial charge in [0, 0.05) is 4.78 Å². The average Bonchev–Trinajstić information content (AvgIpc) is 2.83. The lowest BCUT2D eigenvalue weighted by Gasteiger charge is -2.06. The van der Waals surface area contributed by atoms with Gasteiger partial charge >= 0.3 is 6.92 Å². The molecule has 4 heteroatoms. The molecule has 82 valence electrons. The highest BCUT2D eigenvalue weighted by Crippen LogP contribution is 2.07. The molecule has 0 amide bonds. The van der Waals surface area contributed by atoms with E-state index in [2.05, 4.69) is 0 Å². The van der Waals surface area contributed by atoms with Gasteiger partial charge in [-0.1, -0.05) is 24.3 Å². The van der Waals surface area contributed by atoms with E-state index in [4.69, 9.17) is 4.74 Å². The molecule has 1 aromatic heterocycles. The van der Waals surface area contributed by atoms with Gasteiger partial charge in [0.1, 0.15) is 5.75 Å². The lowest BCUT2D eigenvalue weighted by Crippen LogP contribution is -2.40. The van der Waals surface area contributed by atoms with E-state index in [9.17, 15) is 5.02 Å². The number of hydrogen-bond acceptors (Lipinski definition) is 3. The Balaban J connectivity index is 2.15. The summed E-state index contributed by atoms with van der Waals surface area (Å²) in [5, 5.41) is 12.0. The second-order valence-electron chi connectivity index (χ2n) is 3.42. The Kier molecular flexibility index (Phi) is 3.64. The molecule has 0 aliphatic heterocycles. The van der Waals surface area contributed by atoms with Crippen molar-refractivity contribution in [3.8, 4) is 5.75 Å². The van der Waals surface area contributed by atoms with Gasteiger partial charge in [0.25, 0.3) is 0 Å². The number of benzene rings is 1. The smallest absolute Gasteiger partial charge is 0.369 e. The van der Waals surface area contributed by atoms with Crippen molar-refractivity contribution in [1.82, 2.24) is 0 Å². The van der Waals surface area contributed by atoms with Crippen LogP contribution in [0.5, 0.6) is 5.75 Å². The van der Waals surface area contributed by atoms with E-state index in [0.717, 1.165) is 16.0 Å².